The maximum absolute atomic E-state index is 12.9. The molecule has 6 nitrogen and oxygen atoms in total. The molecule has 1 aliphatic rings. The number of amides is 1. The van der Waals surface area contributed by atoms with Gasteiger partial charge in [0.25, 0.3) is 0 Å². The summed E-state index contributed by atoms with van der Waals surface area (Å²) in [5.74, 6) is -0.881. The van der Waals surface area contributed by atoms with Crippen molar-refractivity contribution < 1.29 is 17.6 Å². The number of hydrogen-bond acceptors (Lipinski definition) is 4. The van der Waals surface area contributed by atoms with E-state index in [1.807, 2.05) is 0 Å². The molecule has 0 bridgehead atoms. The van der Waals surface area contributed by atoms with E-state index < -0.39 is 21.9 Å². The molecule has 0 saturated carbocycles. The summed E-state index contributed by atoms with van der Waals surface area (Å²) in [7, 11) is -3.80. The minimum atomic E-state index is -3.80. The summed E-state index contributed by atoms with van der Waals surface area (Å²) in [5.41, 5.74) is 5.08. The summed E-state index contributed by atoms with van der Waals surface area (Å²) in [4.78, 5) is 10.8. The third-order valence-electron chi connectivity index (χ3n) is 2.58. The summed E-state index contributed by atoms with van der Waals surface area (Å²) >= 11 is 0. The van der Waals surface area contributed by atoms with Gasteiger partial charge in [-0.3, -0.25) is 4.79 Å². The van der Waals surface area contributed by atoms with E-state index in [0.717, 1.165) is 18.2 Å². The van der Waals surface area contributed by atoms with Crippen LogP contribution in [0.5, 0.6) is 0 Å². The van der Waals surface area contributed by atoms with Gasteiger partial charge in [0, 0.05) is 19.0 Å². The molecule has 1 aliphatic heterocycles. The molecule has 0 spiro atoms. The average Bonchev–Trinajstić information content (AvgIpc) is 2.67. The van der Waals surface area contributed by atoms with Gasteiger partial charge >= 0.3 is 0 Å². The Morgan fingerprint density at radius 2 is 2.17 bits per heavy atom. The summed E-state index contributed by atoms with van der Waals surface area (Å²) in [6.07, 6.45) is 0.0932. The van der Waals surface area contributed by atoms with Gasteiger partial charge in [0.05, 0.1) is 10.6 Å². The predicted octanol–water partition coefficient (Wildman–Crippen LogP) is -0.425. The highest BCUT2D eigenvalue weighted by Crippen LogP contribution is 2.17. The number of nitrogens with one attached hydrogen (secondary N) is 2. The Kier molecular flexibility index (Phi) is 3.22. The third kappa shape index (κ3) is 2.59. The van der Waals surface area contributed by atoms with Crippen LogP contribution in [0.15, 0.2) is 23.1 Å². The van der Waals surface area contributed by atoms with E-state index >= 15 is 0 Å². The second-order valence-electron chi connectivity index (χ2n) is 4.01. The Labute approximate surface area is 103 Å². The lowest BCUT2D eigenvalue weighted by Crippen LogP contribution is -2.36. The molecule has 1 heterocycles. The Balaban J connectivity index is 2.20. The number of rotatable bonds is 3. The SMILES string of the molecule is Nc1cc(S(=O)(=O)NC2CNC(=O)C2)ccc1F. The largest absolute Gasteiger partial charge is 0.396 e. The zero-order valence-corrected chi connectivity index (χ0v) is 10.1. The summed E-state index contributed by atoms with van der Waals surface area (Å²) in [5, 5.41) is 2.51. The van der Waals surface area contributed by atoms with E-state index in [-0.39, 0.29) is 29.5 Å². The molecule has 1 aromatic carbocycles. The van der Waals surface area contributed by atoms with Gasteiger partial charge in [-0.05, 0) is 18.2 Å². The zero-order chi connectivity index (χ0) is 13.3. The number of anilines is 1. The summed E-state index contributed by atoms with van der Waals surface area (Å²) < 4.78 is 39.2. The normalized spacial score (nSPS) is 19.8. The molecule has 1 amide bonds. The number of carbonyl (C=O) groups is 1. The van der Waals surface area contributed by atoms with Crippen LogP contribution >= 0.6 is 0 Å². The molecule has 1 atom stereocenters. The Morgan fingerprint density at radius 3 is 2.72 bits per heavy atom. The van der Waals surface area contributed by atoms with Crippen LogP contribution < -0.4 is 15.8 Å². The van der Waals surface area contributed by atoms with Crippen molar-refractivity contribution in [2.75, 3.05) is 12.3 Å². The van der Waals surface area contributed by atoms with E-state index in [0.29, 0.717) is 0 Å². The summed E-state index contributed by atoms with van der Waals surface area (Å²) in [6, 6.07) is 2.66. The van der Waals surface area contributed by atoms with Gasteiger partial charge in [-0.25, -0.2) is 17.5 Å². The van der Waals surface area contributed by atoms with Crippen LogP contribution in [-0.2, 0) is 14.8 Å². The number of hydrogen-bond donors (Lipinski definition) is 3. The number of sulfonamides is 1. The van der Waals surface area contributed by atoms with Gasteiger partial charge in [-0.15, -0.1) is 0 Å². The second-order valence-corrected chi connectivity index (χ2v) is 5.72. The highest BCUT2D eigenvalue weighted by molar-refractivity contribution is 7.89. The van der Waals surface area contributed by atoms with E-state index in [1.165, 1.54) is 0 Å². The number of carbonyl (C=O) groups excluding carboxylic acids is 1. The van der Waals surface area contributed by atoms with E-state index in [1.54, 1.807) is 0 Å². The first-order valence-electron chi connectivity index (χ1n) is 5.22. The molecule has 18 heavy (non-hydrogen) atoms. The van der Waals surface area contributed by atoms with Crippen LogP contribution in [-0.4, -0.2) is 26.9 Å². The van der Waals surface area contributed by atoms with Gasteiger partial charge in [-0.1, -0.05) is 0 Å². The highest BCUT2D eigenvalue weighted by atomic mass is 32.2. The zero-order valence-electron chi connectivity index (χ0n) is 9.31. The van der Waals surface area contributed by atoms with Crippen molar-refractivity contribution in [3.8, 4) is 0 Å². The number of halogens is 1. The number of nitrogen functional groups attached to an aromatic ring is 1. The predicted molar refractivity (Wildman–Crippen MR) is 62.5 cm³/mol. The van der Waals surface area contributed by atoms with Gasteiger partial charge in [0.2, 0.25) is 15.9 Å². The Morgan fingerprint density at radius 1 is 1.44 bits per heavy atom. The fraction of sp³-hybridized carbons (Fsp3) is 0.300. The standard InChI is InChI=1S/C10H12FN3O3S/c11-8-2-1-7(4-9(8)12)18(16,17)14-6-3-10(15)13-5-6/h1-2,4,6,14H,3,5,12H2,(H,13,15). The van der Waals surface area contributed by atoms with Crippen molar-refractivity contribution in [1.29, 1.82) is 0 Å². The highest BCUT2D eigenvalue weighted by Gasteiger charge is 2.27. The van der Waals surface area contributed by atoms with Gasteiger partial charge in [-0.2, -0.15) is 0 Å². The molecule has 0 aromatic heterocycles. The first kappa shape index (κ1) is 12.8. The second kappa shape index (κ2) is 4.54. The molecule has 0 aliphatic carbocycles. The monoisotopic (exact) mass is 273 g/mol. The lowest BCUT2D eigenvalue weighted by atomic mass is 10.3. The molecule has 1 fully saturated rings. The van der Waals surface area contributed by atoms with Gasteiger partial charge in [0.15, 0.2) is 0 Å². The Bertz CT molecular complexity index is 588. The van der Waals surface area contributed by atoms with Crippen molar-refractivity contribution in [2.45, 2.75) is 17.4 Å². The molecular formula is C10H12FN3O3S. The fourth-order valence-corrected chi connectivity index (χ4v) is 2.94. The van der Waals surface area contributed by atoms with Crippen LogP contribution in [0, 0.1) is 5.82 Å². The van der Waals surface area contributed by atoms with Crippen LogP contribution in [0.2, 0.25) is 0 Å². The molecule has 1 saturated heterocycles. The lowest BCUT2D eigenvalue weighted by molar-refractivity contribution is -0.119. The molecule has 1 aromatic rings. The molecule has 1 unspecified atom stereocenters. The van der Waals surface area contributed by atoms with Crippen LogP contribution in [0.1, 0.15) is 6.42 Å². The van der Waals surface area contributed by atoms with Crippen LogP contribution in [0.3, 0.4) is 0 Å². The smallest absolute Gasteiger partial charge is 0.240 e. The minimum absolute atomic E-state index is 0.0932. The van der Waals surface area contributed by atoms with E-state index in [2.05, 4.69) is 10.0 Å². The minimum Gasteiger partial charge on any atom is -0.396 e. The topological polar surface area (TPSA) is 101 Å². The molecule has 0 radical (unpaired) electrons. The van der Waals surface area contributed by atoms with Crippen molar-refractivity contribution in [3.05, 3.63) is 24.0 Å². The first-order valence-corrected chi connectivity index (χ1v) is 6.71. The van der Waals surface area contributed by atoms with Gasteiger partial charge in [0.1, 0.15) is 5.82 Å². The van der Waals surface area contributed by atoms with Crippen molar-refractivity contribution in [2.24, 2.45) is 0 Å². The maximum Gasteiger partial charge on any atom is 0.240 e. The Hall–Kier alpha value is -1.67. The van der Waals surface area contributed by atoms with Crippen molar-refractivity contribution in [1.82, 2.24) is 10.0 Å². The maximum atomic E-state index is 12.9. The lowest BCUT2D eigenvalue weighted by Gasteiger charge is -2.11. The van der Waals surface area contributed by atoms with Crippen molar-refractivity contribution in [3.63, 3.8) is 0 Å². The van der Waals surface area contributed by atoms with Crippen LogP contribution in [0.4, 0.5) is 10.1 Å². The number of benzene rings is 1. The first-order chi connectivity index (χ1) is 8.38. The third-order valence-corrected chi connectivity index (χ3v) is 4.10. The molecule has 2 rings (SSSR count). The average molecular weight is 273 g/mol. The molecule has 98 valence electrons. The van der Waals surface area contributed by atoms with Crippen LogP contribution in [0.25, 0.3) is 0 Å². The molecule has 4 N–H and O–H groups in total. The quantitative estimate of drug-likeness (QED) is 0.651. The van der Waals surface area contributed by atoms with Gasteiger partial charge < -0.3 is 11.1 Å². The molecular weight excluding hydrogens is 261 g/mol. The number of nitrogens with two attached hydrogens (primary N) is 1. The molecule has 8 heteroatoms. The van der Waals surface area contributed by atoms with E-state index in [4.69, 9.17) is 5.73 Å². The van der Waals surface area contributed by atoms with Crippen molar-refractivity contribution >= 4 is 21.6 Å². The summed E-state index contributed by atoms with van der Waals surface area (Å²) in [6.45, 7) is 0.245. The van der Waals surface area contributed by atoms with E-state index in [9.17, 15) is 17.6 Å². The fourth-order valence-electron chi connectivity index (χ4n) is 1.66.